The predicted molar refractivity (Wildman–Crippen MR) is 69.5 cm³/mol. The zero-order valence-corrected chi connectivity index (χ0v) is 11.7. The van der Waals surface area contributed by atoms with Gasteiger partial charge in [0, 0.05) is 25.4 Å². The fraction of sp³-hybridized carbons (Fsp3) is 0.769. The lowest BCUT2D eigenvalue weighted by Gasteiger charge is -2.30. The summed E-state index contributed by atoms with van der Waals surface area (Å²) in [4.78, 5) is 35.7. The first-order chi connectivity index (χ1) is 8.73. The van der Waals surface area contributed by atoms with Crippen LogP contribution in [0.3, 0.4) is 0 Å². The van der Waals surface area contributed by atoms with Crippen LogP contribution in [0.25, 0.3) is 0 Å². The van der Waals surface area contributed by atoms with E-state index in [2.05, 4.69) is 5.32 Å². The van der Waals surface area contributed by atoms with Crippen molar-refractivity contribution in [2.24, 2.45) is 0 Å². The van der Waals surface area contributed by atoms with Gasteiger partial charge in [-0.05, 0) is 33.1 Å². The second-order valence-corrected chi connectivity index (χ2v) is 5.64. The van der Waals surface area contributed by atoms with Gasteiger partial charge in [0.2, 0.25) is 11.8 Å². The number of rotatable bonds is 5. The van der Waals surface area contributed by atoms with E-state index in [4.69, 9.17) is 5.11 Å². The van der Waals surface area contributed by atoms with Crippen molar-refractivity contribution in [1.82, 2.24) is 10.2 Å². The maximum absolute atomic E-state index is 12.2. The van der Waals surface area contributed by atoms with Gasteiger partial charge in [0.1, 0.15) is 6.04 Å². The lowest BCUT2D eigenvalue weighted by atomic mass is 9.97. The Kier molecular flexibility index (Phi) is 4.91. The van der Waals surface area contributed by atoms with Crippen molar-refractivity contribution in [1.29, 1.82) is 0 Å². The van der Waals surface area contributed by atoms with Gasteiger partial charge in [-0.15, -0.1) is 0 Å². The van der Waals surface area contributed by atoms with Crippen LogP contribution in [-0.2, 0) is 14.4 Å². The molecule has 0 aromatic carbocycles. The third kappa shape index (κ3) is 4.54. The standard InChI is InChI=1S/C13H22N2O4/c1-9(16)15-8-4-5-10(15)12(19)14-13(2,3)7-6-11(17)18/h10H,4-8H2,1-3H3,(H,14,19)(H,17,18)/t10-/m0/s1. The topological polar surface area (TPSA) is 86.7 Å². The largest absolute Gasteiger partial charge is 0.481 e. The monoisotopic (exact) mass is 270 g/mol. The van der Waals surface area contributed by atoms with Gasteiger partial charge in [-0.1, -0.05) is 0 Å². The molecule has 6 heteroatoms. The average molecular weight is 270 g/mol. The Labute approximate surface area is 113 Å². The lowest BCUT2D eigenvalue weighted by molar-refractivity contribution is -0.138. The Morgan fingerprint density at radius 2 is 2.00 bits per heavy atom. The lowest BCUT2D eigenvalue weighted by Crippen LogP contribution is -2.52. The number of nitrogens with zero attached hydrogens (tertiary/aromatic N) is 1. The molecule has 0 aromatic rings. The average Bonchev–Trinajstić information content (AvgIpc) is 2.75. The van der Waals surface area contributed by atoms with Crippen molar-refractivity contribution in [3.63, 3.8) is 0 Å². The van der Waals surface area contributed by atoms with Crippen LogP contribution in [0.4, 0.5) is 0 Å². The highest BCUT2D eigenvalue weighted by atomic mass is 16.4. The van der Waals surface area contributed by atoms with Crippen LogP contribution in [0.1, 0.15) is 46.5 Å². The molecule has 0 spiro atoms. The number of hydrogen-bond donors (Lipinski definition) is 2. The fourth-order valence-corrected chi connectivity index (χ4v) is 2.31. The molecular formula is C13H22N2O4. The van der Waals surface area contributed by atoms with E-state index in [1.54, 1.807) is 18.7 Å². The molecule has 2 N–H and O–H groups in total. The van der Waals surface area contributed by atoms with Crippen molar-refractivity contribution < 1.29 is 19.5 Å². The molecule has 0 saturated carbocycles. The number of carboxylic acids is 1. The van der Waals surface area contributed by atoms with Crippen molar-refractivity contribution >= 4 is 17.8 Å². The smallest absolute Gasteiger partial charge is 0.303 e. The van der Waals surface area contributed by atoms with Crippen molar-refractivity contribution in [3.05, 3.63) is 0 Å². The van der Waals surface area contributed by atoms with E-state index in [0.717, 1.165) is 6.42 Å². The Hall–Kier alpha value is -1.59. The quantitative estimate of drug-likeness (QED) is 0.772. The zero-order chi connectivity index (χ0) is 14.6. The van der Waals surface area contributed by atoms with Gasteiger partial charge in [-0.3, -0.25) is 14.4 Å². The van der Waals surface area contributed by atoms with E-state index in [9.17, 15) is 14.4 Å². The first-order valence-corrected chi connectivity index (χ1v) is 6.54. The Bertz CT molecular complexity index is 379. The minimum absolute atomic E-state index is 0.00830. The van der Waals surface area contributed by atoms with Crippen molar-refractivity contribution in [3.8, 4) is 0 Å². The van der Waals surface area contributed by atoms with E-state index >= 15 is 0 Å². The highest BCUT2D eigenvalue weighted by Crippen LogP contribution is 2.19. The molecule has 1 saturated heterocycles. The molecule has 1 aliphatic heterocycles. The normalized spacial score (nSPS) is 19.3. The number of carbonyl (C=O) groups excluding carboxylic acids is 2. The molecule has 1 rings (SSSR count). The van der Waals surface area contributed by atoms with Crippen LogP contribution in [-0.4, -0.2) is 45.9 Å². The van der Waals surface area contributed by atoms with Gasteiger partial charge >= 0.3 is 5.97 Å². The number of nitrogens with one attached hydrogen (secondary N) is 1. The van der Waals surface area contributed by atoms with Gasteiger partial charge in [0.25, 0.3) is 0 Å². The van der Waals surface area contributed by atoms with Crippen molar-refractivity contribution in [2.45, 2.75) is 58.0 Å². The molecule has 1 fully saturated rings. The van der Waals surface area contributed by atoms with Gasteiger partial charge in [-0.2, -0.15) is 0 Å². The maximum Gasteiger partial charge on any atom is 0.303 e. The summed E-state index contributed by atoms with van der Waals surface area (Å²) in [7, 11) is 0. The van der Waals surface area contributed by atoms with Crippen LogP contribution < -0.4 is 5.32 Å². The van der Waals surface area contributed by atoms with Crippen LogP contribution in [0.15, 0.2) is 0 Å². The molecule has 0 aliphatic carbocycles. The molecule has 2 amide bonds. The maximum atomic E-state index is 12.2. The first kappa shape index (κ1) is 15.5. The second-order valence-electron chi connectivity index (χ2n) is 5.64. The Morgan fingerprint density at radius 1 is 1.37 bits per heavy atom. The Balaban J connectivity index is 2.58. The number of hydrogen-bond acceptors (Lipinski definition) is 3. The highest BCUT2D eigenvalue weighted by molar-refractivity contribution is 5.87. The highest BCUT2D eigenvalue weighted by Gasteiger charge is 2.34. The minimum Gasteiger partial charge on any atom is -0.481 e. The molecular weight excluding hydrogens is 248 g/mol. The molecule has 6 nitrogen and oxygen atoms in total. The molecule has 1 heterocycles. The number of amides is 2. The molecule has 19 heavy (non-hydrogen) atoms. The minimum atomic E-state index is -0.881. The van der Waals surface area contributed by atoms with Gasteiger partial charge in [0.15, 0.2) is 0 Å². The van der Waals surface area contributed by atoms with Crippen LogP contribution in [0.5, 0.6) is 0 Å². The summed E-state index contributed by atoms with van der Waals surface area (Å²) < 4.78 is 0. The molecule has 1 atom stereocenters. The van der Waals surface area contributed by atoms with Crippen LogP contribution in [0.2, 0.25) is 0 Å². The predicted octanol–water partition coefficient (Wildman–Crippen LogP) is 0.757. The number of carbonyl (C=O) groups is 3. The van der Waals surface area contributed by atoms with E-state index in [1.165, 1.54) is 6.92 Å². The number of carboxylic acid groups (broad SMARTS) is 1. The summed E-state index contributed by atoms with van der Waals surface area (Å²) in [5, 5.41) is 11.5. The van der Waals surface area contributed by atoms with Gasteiger partial charge in [0.05, 0.1) is 0 Å². The summed E-state index contributed by atoms with van der Waals surface area (Å²) in [5.41, 5.74) is -0.583. The van der Waals surface area contributed by atoms with Crippen LogP contribution in [0, 0.1) is 0 Å². The number of likely N-dealkylation sites (tertiary alicyclic amines) is 1. The Morgan fingerprint density at radius 3 is 2.53 bits per heavy atom. The van der Waals surface area contributed by atoms with Crippen LogP contribution >= 0.6 is 0 Å². The second kappa shape index (κ2) is 6.04. The third-order valence-electron chi connectivity index (χ3n) is 3.39. The van der Waals surface area contributed by atoms with Crippen molar-refractivity contribution in [2.75, 3.05) is 6.54 Å². The summed E-state index contributed by atoms with van der Waals surface area (Å²) in [6.07, 6.45) is 1.86. The molecule has 1 aliphatic rings. The van der Waals surface area contributed by atoms with Gasteiger partial charge < -0.3 is 15.3 Å². The third-order valence-corrected chi connectivity index (χ3v) is 3.39. The number of aliphatic carboxylic acids is 1. The van der Waals surface area contributed by atoms with E-state index in [1.807, 2.05) is 0 Å². The van der Waals surface area contributed by atoms with E-state index in [-0.39, 0.29) is 18.2 Å². The summed E-state index contributed by atoms with van der Waals surface area (Å²) >= 11 is 0. The SMILES string of the molecule is CC(=O)N1CCC[C@H]1C(=O)NC(C)(C)CCC(=O)O. The zero-order valence-electron chi connectivity index (χ0n) is 11.7. The summed E-state index contributed by atoms with van der Waals surface area (Å²) in [6.45, 7) is 5.66. The van der Waals surface area contributed by atoms with Gasteiger partial charge in [-0.25, -0.2) is 0 Å². The molecule has 108 valence electrons. The molecule has 0 unspecified atom stereocenters. The summed E-state index contributed by atoms with van der Waals surface area (Å²) in [5.74, 6) is -1.17. The first-order valence-electron chi connectivity index (χ1n) is 6.54. The molecule has 0 aromatic heterocycles. The summed E-state index contributed by atoms with van der Waals surface area (Å²) in [6, 6.07) is -0.415. The van der Waals surface area contributed by atoms with E-state index in [0.29, 0.717) is 19.4 Å². The molecule has 0 bridgehead atoms. The fourth-order valence-electron chi connectivity index (χ4n) is 2.31. The molecule has 0 radical (unpaired) electrons. The van der Waals surface area contributed by atoms with E-state index < -0.39 is 17.6 Å².